The van der Waals surface area contributed by atoms with Crippen molar-refractivity contribution in [3.05, 3.63) is 35.2 Å². The molecule has 178 valence electrons. The van der Waals surface area contributed by atoms with E-state index >= 15 is 0 Å². The fourth-order valence-electron chi connectivity index (χ4n) is 5.32. The van der Waals surface area contributed by atoms with Gasteiger partial charge in [0.25, 0.3) is 5.75 Å². The molecule has 2 fully saturated rings. The second kappa shape index (κ2) is 10.3. The number of aromatic carboxylic acids is 1. The molecule has 1 amide bonds. The smallest absolute Gasteiger partial charge is 0.348 e. The Morgan fingerprint density at radius 1 is 1.03 bits per heavy atom. The Kier molecular flexibility index (Phi) is 7.39. The first-order valence-corrected chi connectivity index (χ1v) is 12.9. The molecule has 1 heterocycles. The van der Waals surface area contributed by atoms with Gasteiger partial charge in [0.2, 0.25) is 5.91 Å². The lowest BCUT2D eigenvalue weighted by molar-refractivity contribution is -0.124. The second-order valence-corrected chi connectivity index (χ2v) is 10.6. The van der Waals surface area contributed by atoms with E-state index in [0.717, 1.165) is 42.5 Å². The standard InChI is InChI=1S/C26H33NO5S/c1-2-16-3-5-18(6-4-16)25(30)27(19-9-13-21(29)14-10-19)22-15-23(33-24(22)26(31)32)17-7-11-20(28)12-8-17/h7-8,11-12,15-16,18-19,21,28-29H,2-6,9-10,13-14H2,1H3,(H,31,32)/p+1. The molecule has 0 spiro atoms. The predicted octanol–water partition coefficient (Wildman–Crippen LogP) is 5.40. The van der Waals surface area contributed by atoms with Gasteiger partial charge in [0.05, 0.1) is 11.8 Å². The molecule has 2 saturated carbocycles. The lowest BCUT2D eigenvalue weighted by Gasteiger charge is -2.39. The van der Waals surface area contributed by atoms with Gasteiger partial charge in [-0.2, -0.15) is 0 Å². The monoisotopic (exact) mass is 472 g/mol. The zero-order valence-corrected chi connectivity index (χ0v) is 19.9. The minimum absolute atomic E-state index is 0.0410. The summed E-state index contributed by atoms with van der Waals surface area (Å²) >= 11 is 1.18. The molecular formula is C26H34NO5S+. The molecule has 0 aliphatic heterocycles. The number of hydrogen-bond donors (Lipinski definition) is 2. The first-order valence-electron chi connectivity index (χ1n) is 12.1. The Morgan fingerprint density at radius 3 is 2.24 bits per heavy atom. The number of benzene rings is 1. The van der Waals surface area contributed by atoms with E-state index in [0.29, 0.717) is 43.0 Å². The van der Waals surface area contributed by atoms with Crippen molar-refractivity contribution in [2.45, 2.75) is 76.9 Å². The average Bonchev–Trinajstić information content (AvgIpc) is 3.26. The molecule has 4 rings (SSSR count). The number of amides is 1. The summed E-state index contributed by atoms with van der Waals surface area (Å²) in [5.41, 5.74) is 1.33. The van der Waals surface area contributed by atoms with Gasteiger partial charge in [0, 0.05) is 29.0 Å². The van der Waals surface area contributed by atoms with Gasteiger partial charge in [0.1, 0.15) is 4.88 Å². The van der Waals surface area contributed by atoms with Crippen molar-refractivity contribution in [1.82, 2.24) is 0 Å². The molecule has 4 N–H and O–H groups in total. The molecule has 2 aliphatic rings. The van der Waals surface area contributed by atoms with Crippen LogP contribution in [0.2, 0.25) is 0 Å². The van der Waals surface area contributed by atoms with Gasteiger partial charge in [-0.05, 0) is 81.0 Å². The Morgan fingerprint density at radius 2 is 1.67 bits per heavy atom. The van der Waals surface area contributed by atoms with Crippen molar-refractivity contribution in [1.29, 1.82) is 0 Å². The molecule has 0 unspecified atom stereocenters. The Balaban J connectivity index is 1.71. The third-order valence-corrected chi connectivity index (χ3v) is 8.54. The number of carboxylic acids is 1. The molecule has 1 aromatic heterocycles. The number of carbonyl (C=O) groups excluding carboxylic acids is 1. The van der Waals surface area contributed by atoms with Crippen LogP contribution in [0.1, 0.15) is 74.4 Å². The van der Waals surface area contributed by atoms with E-state index in [-0.39, 0.29) is 28.8 Å². The Hall–Kier alpha value is -2.38. The molecule has 1 aromatic carbocycles. The topological polar surface area (TPSA) is 101 Å². The number of hydrogen-bond acceptors (Lipinski definition) is 4. The van der Waals surface area contributed by atoms with E-state index in [1.54, 1.807) is 17.0 Å². The normalized spacial score (nSPS) is 25.5. The largest absolute Gasteiger partial charge is 0.593 e. The van der Waals surface area contributed by atoms with Crippen LogP contribution in [0.4, 0.5) is 5.69 Å². The van der Waals surface area contributed by atoms with Gasteiger partial charge in [0.15, 0.2) is 0 Å². The summed E-state index contributed by atoms with van der Waals surface area (Å²) in [7, 11) is 0. The van der Waals surface area contributed by atoms with Crippen molar-refractivity contribution in [2.75, 3.05) is 4.90 Å². The van der Waals surface area contributed by atoms with Gasteiger partial charge >= 0.3 is 5.97 Å². The lowest BCUT2D eigenvalue weighted by Crippen LogP contribution is -2.47. The number of thiophene rings is 1. The molecule has 6 nitrogen and oxygen atoms in total. The first kappa shape index (κ1) is 23.8. The summed E-state index contributed by atoms with van der Waals surface area (Å²) in [6.07, 6.45) is 7.19. The van der Waals surface area contributed by atoms with Crippen LogP contribution in [0.3, 0.4) is 0 Å². The first-order chi connectivity index (χ1) is 15.9. The molecule has 0 bridgehead atoms. The van der Waals surface area contributed by atoms with Crippen LogP contribution in [0, 0.1) is 11.8 Å². The lowest BCUT2D eigenvalue weighted by atomic mass is 9.79. The fourth-order valence-corrected chi connectivity index (χ4v) is 6.31. The van der Waals surface area contributed by atoms with Crippen molar-refractivity contribution in [2.24, 2.45) is 11.8 Å². The molecular weight excluding hydrogens is 438 g/mol. The van der Waals surface area contributed by atoms with E-state index in [9.17, 15) is 19.8 Å². The summed E-state index contributed by atoms with van der Waals surface area (Å²) in [6, 6.07) is 8.76. The van der Waals surface area contributed by atoms with Crippen LogP contribution < -0.4 is 4.90 Å². The maximum absolute atomic E-state index is 13.9. The minimum atomic E-state index is -1.03. The van der Waals surface area contributed by atoms with Gasteiger partial charge in [-0.25, -0.2) is 4.79 Å². The zero-order chi connectivity index (χ0) is 23.5. The highest BCUT2D eigenvalue weighted by atomic mass is 32.1. The number of nitrogens with zero attached hydrogens (tertiary/aromatic N) is 1. The van der Waals surface area contributed by atoms with Crippen molar-refractivity contribution >= 4 is 28.9 Å². The number of anilines is 1. The molecule has 0 saturated heterocycles. The summed E-state index contributed by atoms with van der Waals surface area (Å²) in [6.45, 7) is 2.20. The van der Waals surface area contributed by atoms with Crippen molar-refractivity contribution in [3.63, 3.8) is 0 Å². The van der Waals surface area contributed by atoms with Crippen molar-refractivity contribution < 1.29 is 24.9 Å². The molecule has 33 heavy (non-hydrogen) atoms. The predicted molar refractivity (Wildman–Crippen MR) is 131 cm³/mol. The van der Waals surface area contributed by atoms with Gasteiger partial charge in [-0.1, -0.05) is 13.3 Å². The van der Waals surface area contributed by atoms with E-state index in [1.165, 1.54) is 11.3 Å². The van der Waals surface area contributed by atoms with Crippen LogP contribution in [0.25, 0.3) is 10.4 Å². The number of carboxylic acid groups (broad SMARTS) is 1. The summed E-state index contributed by atoms with van der Waals surface area (Å²) in [4.78, 5) is 28.9. The molecule has 0 radical (unpaired) electrons. The molecule has 7 heteroatoms. The van der Waals surface area contributed by atoms with Crippen LogP contribution in [-0.2, 0) is 4.79 Å². The SMILES string of the molecule is CCC1CCC(C(=O)N(c2cc(-c3ccc([OH2+])cc3)sc2C(=O)O)C2CCC(O)CC2)CC1. The summed E-state index contributed by atoms with van der Waals surface area (Å²) in [5, 5.41) is 27.8. The molecule has 2 aliphatic carbocycles. The van der Waals surface area contributed by atoms with Crippen LogP contribution >= 0.6 is 11.3 Å². The minimum Gasteiger partial charge on any atom is -0.593 e. The quantitative estimate of drug-likeness (QED) is 0.549. The maximum Gasteiger partial charge on any atom is 0.348 e. The third-order valence-electron chi connectivity index (χ3n) is 7.38. The highest BCUT2D eigenvalue weighted by Gasteiger charge is 2.37. The van der Waals surface area contributed by atoms with E-state index in [4.69, 9.17) is 5.11 Å². The fraction of sp³-hybridized carbons (Fsp3) is 0.538. The Labute approximate surface area is 198 Å². The molecule has 0 atom stereocenters. The number of rotatable bonds is 6. The number of carbonyl (C=O) groups is 2. The van der Waals surface area contributed by atoms with Crippen LogP contribution in [0.5, 0.6) is 5.75 Å². The second-order valence-electron chi connectivity index (χ2n) is 9.50. The highest BCUT2D eigenvalue weighted by Crippen LogP contribution is 2.42. The summed E-state index contributed by atoms with van der Waals surface area (Å²) < 4.78 is 0. The van der Waals surface area contributed by atoms with E-state index < -0.39 is 5.97 Å². The molecule has 2 aromatic rings. The third kappa shape index (κ3) is 5.25. The van der Waals surface area contributed by atoms with Crippen LogP contribution in [-0.4, -0.2) is 39.3 Å². The van der Waals surface area contributed by atoms with E-state index in [1.807, 2.05) is 18.2 Å². The number of aliphatic hydroxyl groups excluding tert-OH is 1. The summed E-state index contributed by atoms with van der Waals surface area (Å²) in [5.74, 6) is 0.0112. The van der Waals surface area contributed by atoms with Gasteiger partial charge < -0.3 is 20.2 Å². The van der Waals surface area contributed by atoms with E-state index in [2.05, 4.69) is 6.92 Å². The van der Waals surface area contributed by atoms with Gasteiger partial charge in [-0.3, -0.25) is 4.79 Å². The van der Waals surface area contributed by atoms with Crippen LogP contribution in [0.15, 0.2) is 30.3 Å². The average molecular weight is 473 g/mol. The van der Waals surface area contributed by atoms with Gasteiger partial charge in [-0.15, -0.1) is 11.3 Å². The number of aliphatic hydroxyl groups is 1. The highest BCUT2D eigenvalue weighted by molar-refractivity contribution is 7.18. The Bertz CT molecular complexity index is 969. The van der Waals surface area contributed by atoms with Crippen molar-refractivity contribution in [3.8, 4) is 16.2 Å². The maximum atomic E-state index is 13.9. The zero-order valence-electron chi connectivity index (χ0n) is 19.1.